The molecule has 184 valence electrons. The van der Waals surface area contributed by atoms with Gasteiger partial charge in [0.25, 0.3) is 17.5 Å². The van der Waals surface area contributed by atoms with Crippen LogP contribution >= 0.6 is 9.24 Å². The molecule has 0 spiro atoms. The van der Waals surface area contributed by atoms with E-state index in [2.05, 4.69) is 9.97 Å². The van der Waals surface area contributed by atoms with Crippen molar-refractivity contribution >= 4 is 25.0 Å². The molecule has 2 aliphatic rings. The zero-order chi connectivity index (χ0) is 25.1. The van der Waals surface area contributed by atoms with Crippen molar-refractivity contribution in [1.29, 1.82) is 0 Å². The molecule has 1 saturated heterocycles. The summed E-state index contributed by atoms with van der Waals surface area (Å²) in [6, 6.07) is 4.58. The van der Waals surface area contributed by atoms with Gasteiger partial charge in [0, 0.05) is 32.5 Å². The van der Waals surface area contributed by atoms with Crippen LogP contribution in [0.25, 0.3) is 0 Å². The molecule has 3 unspecified atom stereocenters. The third kappa shape index (κ3) is 4.88. The Kier molecular flexibility index (Phi) is 5.92. The number of rotatable bonds is 7. The Morgan fingerprint density at radius 3 is 2.62 bits per heavy atom. The van der Waals surface area contributed by atoms with Crippen molar-refractivity contribution < 1.29 is 35.5 Å². The lowest BCUT2D eigenvalue weighted by molar-refractivity contribution is 0.0122. The van der Waals surface area contributed by atoms with Crippen molar-refractivity contribution in [1.82, 2.24) is 14.9 Å². The van der Waals surface area contributed by atoms with Crippen LogP contribution in [0.5, 0.6) is 5.75 Å². The van der Waals surface area contributed by atoms with Gasteiger partial charge >= 0.3 is 0 Å². The second kappa shape index (κ2) is 8.12. The lowest BCUT2D eigenvalue weighted by Crippen LogP contribution is -2.34. The maximum Gasteiger partial charge on any atom is 0.291 e. The Morgan fingerprint density at radius 2 is 2.00 bits per heavy atom. The average Bonchev–Trinajstić information content (AvgIpc) is 3.31. The molecule has 4 rings (SSSR count). The number of alkyl halides is 4. The molecular weight excluding hydrogens is 497 g/mol. The molecule has 13 heteroatoms. The third-order valence-corrected chi connectivity index (χ3v) is 7.29. The molecule has 1 aromatic heterocycles. The maximum atomic E-state index is 13.7. The molecule has 34 heavy (non-hydrogen) atoms. The molecule has 2 heterocycles. The highest BCUT2D eigenvalue weighted by molar-refractivity contribution is 7.90. The lowest BCUT2D eigenvalue weighted by Gasteiger charge is -2.23. The van der Waals surface area contributed by atoms with Gasteiger partial charge in [-0.3, -0.25) is 4.79 Å². The highest BCUT2D eigenvalue weighted by Gasteiger charge is 2.64. The van der Waals surface area contributed by atoms with E-state index in [1.54, 1.807) is 0 Å². The van der Waals surface area contributed by atoms with Gasteiger partial charge in [0.05, 0.1) is 15.9 Å². The summed E-state index contributed by atoms with van der Waals surface area (Å²) in [5.74, 6) is -3.79. The van der Waals surface area contributed by atoms with E-state index in [9.17, 15) is 30.8 Å². The molecule has 2 fully saturated rings. The number of likely N-dealkylation sites (tertiary alicyclic amines) is 1. The van der Waals surface area contributed by atoms with E-state index in [4.69, 9.17) is 4.74 Å². The number of hydrogen-bond acceptors (Lipinski definition) is 6. The molecule has 1 amide bonds. The average molecular weight is 519 g/mol. The fourth-order valence-corrected chi connectivity index (χ4v) is 4.93. The van der Waals surface area contributed by atoms with Crippen molar-refractivity contribution in [2.75, 3.05) is 26.0 Å². The Balaban J connectivity index is 1.63. The van der Waals surface area contributed by atoms with Gasteiger partial charge in [-0.25, -0.2) is 18.4 Å². The second-order valence-electron chi connectivity index (χ2n) is 8.88. The number of amides is 1. The Bertz CT molecular complexity index is 1250. The van der Waals surface area contributed by atoms with Crippen LogP contribution in [-0.4, -0.2) is 60.8 Å². The SMILES string of the molecule is CC(F)(F)c1ccnc(C23CC2CN(C(=O)c2cc(S(C)(=O)=O)ccc2OCC(F)(F)P)C3)n1. The number of nitrogens with zero attached hydrogens (tertiary/aromatic N) is 3. The van der Waals surface area contributed by atoms with E-state index < -0.39 is 45.0 Å². The number of carbonyl (C=O) groups excluding carboxylic acids is 1. The van der Waals surface area contributed by atoms with Crippen LogP contribution in [0.3, 0.4) is 0 Å². The maximum absolute atomic E-state index is 13.7. The first kappa shape index (κ1) is 24.8. The van der Waals surface area contributed by atoms with E-state index >= 15 is 0 Å². The number of fused-ring (bicyclic) bond motifs is 1. The molecule has 1 aromatic carbocycles. The topological polar surface area (TPSA) is 89.5 Å². The van der Waals surface area contributed by atoms with Crippen LogP contribution in [-0.2, 0) is 21.2 Å². The van der Waals surface area contributed by atoms with E-state index in [-0.39, 0.29) is 41.0 Å². The summed E-state index contributed by atoms with van der Waals surface area (Å²) in [6.07, 6.45) is 2.83. The number of aromatic nitrogens is 2. The van der Waals surface area contributed by atoms with Gasteiger partial charge in [0.1, 0.15) is 17.3 Å². The smallest absolute Gasteiger partial charge is 0.291 e. The van der Waals surface area contributed by atoms with Crippen molar-refractivity contribution in [3.8, 4) is 5.75 Å². The molecule has 3 atom stereocenters. The molecule has 0 N–H and O–H groups in total. The van der Waals surface area contributed by atoms with Gasteiger partial charge in [0.2, 0.25) is 0 Å². The van der Waals surface area contributed by atoms with Crippen molar-refractivity contribution in [2.24, 2.45) is 5.92 Å². The molecular formula is C21H22F4N3O4PS. The van der Waals surface area contributed by atoms with Gasteiger partial charge in [-0.2, -0.15) is 17.6 Å². The van der Waals surface area contributed by atoms with Gasteiger partial charge < -0.3 is 9.64 Å². The molecule has 7 nitrogen and oxygen atoms in total. The fraction of sp³-hybridized carbons (Fsp3) is 0.476. The van der Waals surface area contributed by atoms with E-state index in [1.807, 2.05) is 0 Å². The largest absolute Gasteiger partial charge is 0.486 e. The van der Waals surface area contributed by atoms with Gasteiger partial charge in [-0.05, 0) is 36.6 Å². The van der Waals surface area contributed by atoms with Crippen LogP contribution in [0.2, 0.25) is 0 Å². The first-order chi connectivity index (χ1) is 15.6. The first-order valence-electron chi connectivity index (χ1n) is 10.2. The predicted molar refractivity (Wildman–Crippen MR) is 117 cm³/mol. The number of sulfone groups is 1. The summed E-state index contributed by atoms with van der Waals surface area (Å²) in [4.78, 5) is 22.8. The lowest BCUT2D eigenvalue weighted by atomic mass is 10.0. The molecule has 1 aliphatic carbocycles. The van der Waals surface area contributed by atoms with E-state index in [1.165, 1.54) is 32.5 Å². The summed E-state index contributed by atoms with van der Waals surface area (Å²) in [6.45, 7) is 0.0870. The molecule has 1 aliphatic heterocycles. The molecule has 1 saturated carbocycles. The minimum absolute atomic E-state index is 0.0592. The predicted octanol–water partition coefficient (Wildman–Crippen LogP) is 3.25. The Hall–Kier alpha value is -2.33. The third-order valence-electron chi connectivity index (χ3n) is 6.01. The van der Waals surface area contributed by atoms with Crippen LogP contribution < -0.4 is 4.74 Å². The summed E-state index contributed by atoms with van der Waals surface area (Å²) >= 11 is 0. The standard InChI is InChI=1S/C21H22F4N3O4PS/c1-19(22,23)16-5-6-26-18(27-16)20-8-12(20)9-28(10-20)17(29)14-7-13(34(2,30)31)3-4-15(14)32-11-21(24,25)33/h3-7,12H,8-11,33H2,1-2H3. The van der Waals surface area contributed by atoms with Crippen molar-refractivity contribution in [3.63, 3.8) is 0 Å². The second-order valence-corrected chi connectivity index (χ2v) is 11.7. The normalized spacial score (nSPS) is 22.4. The monoisotopic (exact) mass is 519 g/mol. The van der Waals surface area contributed by atoms with Crippen LogP contribution in [0.1, 0.15) is 35.2 Å². The zero-order valence-electron chi connectivity index (χ0n) is 18.3. The highest BCUT2D eigenvalue weighted by atomic mass is 32.2. The van der Waals surface area contributed by atoms with Crippen LogP contribution in [0, 0.1) is 5.92 Å². The first-order valence-corrected chi connectivity index (χ1v) is 12.7. The molecule has 0 bridgehead atoms. The van der Waals surface area contributed by atoms with E-state index in [0.717, 1.165) is 25.3 Å². The van der Waals surface area contributed by atoms with Crippen molar-refractivity contribution in [3.05, 3.63) is 47.5 Å². The fourth-order valence-electron chi connectivity index (χ4n) is 4.20. The van der Waals surface area contributed by atoms with Crippen molar-refractivity contribution in [2.45, 2.75) is 35.2 Å². The number of benzene rings is 1. The number of hydrogen-bond donors (Lipinski definition) is 0. The quantitative estimate of drug-likeness (QED) is 0.412. The number of piperidine rings is 1. The van der Waals surface area contributed by atoms with Gasteiger partial charge in [-0.1, -0.05) is 9.24 Å². The zero-order valence-corrected chi connectivity index (χ0v) is 20.2. The number of carbonyl (C=O) groups is 1. The molecule has 0 radical (unpaired) electrons. The summed E-state index contributed by atoms with van der Waals surface area (Å²) in [5, 5.41) is 0. The Labute approximate surface area is 196 Å². The Morgan fingerprint density at radius 1 is 1.29 bits per heavy atom. The summed E-state index contributed by atoms with van der Waals surface area (Å²) in [5.41, 5.74) is -4.53. The minimum Gasteiger partial charge on any atom is -0.486 e. The van der Waals surface area contributed by atoms with E-state index in [0.29, 0.717) is 6.42 Å². The van der Waals surface area contributed by atoms with Crippen LogP contribution in [0.4, 0.5) is 17.6 Å². The minimum atomic E-state index is -3.69. The number of ether oxygens (including phenoxy) is 1. The highest BCUT2D eigenvalue weighted by Crippen LogP contribution is 2.58. The van der Waals surface area contributed by atoms with Gasteiger partial charge in [-0.15, -0.1) is 0 Å². The molecule has 2 aromatic rings. The summed E-state index contributed by atoms with van der Waals surface area (Å²) in [7, 11) is -2.36. The number of halogens is 4. The van der Waals surface area contributed by atoms with Crippen LogP contribution in [0.15, 0.2) is 35.4 Å². The summed E-state index contributed by atoms with van der Waals surface area (Å²) < 4.78 is 83.2. The van der Waals surface area contributed by atoms with Gasteiger partial charge in [0.15, 0.2) is 16.4 Å².